The van der Waals surface area contributed by atoms with Crippen LogP contribution in [0.3, 0.4) is 0 Å². The minimum absolute atomic E-state index is 0.0488. The molecule has 0 aromatic heterocycles. The molecule has 2 aliphatic rings. The van der Waals surface area contributed by atoms with E-state index in [1.807, 2.05) is 0 Å². The van der Waals surface area contributed by atoms with E-state index in [-0.39, 0.29) is 6.42 Å². The molecule has 0 bridgehead atoms. The molecule has 0 aromatic carbocycles. The number of aliphatic hydroxyl groups is 1. The van der Waals surface area contributed by atoms with Gasteiger partial charge in [-0.25, -0.2) is 0 Å². The van der Waals surface area contributed by atoms with Crippen molar-refractivity contribution in [2.24, 2.45) is 5.41 Å². The number of halogens is 3. The molecule has 2 heterocycles. The Bertz CT molecular complexity index is 416. The summed E-state index contributed by atoms with van der Waals surface area (Å²) < 4.78 is 37.8. The van der Waals surface area contributed by atoms with E-state index in [4.69, 9.17) is 0 Å². The van der Waals surface area contributed by atoms with Crippen LogP contribution in [-0.4, -0.2) is 51.6 Å². The Kier molecular flexibility index (Phi) is 3.37. The van der Waals surface area contributed by atoms with Crippen LogP contribution in [0.4, 0.5) is 13.2 Å². The first-order valence-corrected chi connectivity index (χ1v) is 6.96. The van der Waals surface area contributed by atoms with Crippen LogP contribution in [0.1, 0.15) is 19.8 Å². The summed E-state index contributed by atoms with van der Waals surface area (Å²) in [5, 5.41) is 9.40. The summed E-state index contributed by atoms with van der Waals surface area (Å²) in [6, 6.07) is 0. The van der Waals surface area contributed by atoms with Crippen LogP contribution in [0.15, 0.2) is 0 Å². The fraction of sp³-hybridized carbons (Fsp3) is 0.818. The summed E-state index contributed by atoms with van der Waals surface area (Å²) in [6.45, 7) is -0.456. The zero-order chi connectivity index (χ0) is 14.5. The Hall–Kier alpha value is -0.760. The third kappa shape index (κ3) is 2.35. The summed E-state index contributed by atoms with van der Waals surface area (Å²) in [6.07, 6.45) is -4.42. The molecular weight excluding hydrogens is 283 g/mol. The number of likely N-dealkylation sites (tertiary alicyclic amines) is 1. The van der Waals surface area contributed by atoms with Crippen LogP contribution in [-0.2, 0) is 9.59 Å². The van der Waals surface area contributed by atoms with Gasteiger partial charge in [-0.2, -0.15) is 24.9 Å². The molecule has 0 saturated carbocycles. The highest BCUT2D eigenvalue weighted by molar-refractivity contribution is 7.99. The first-order valence-electron chi connectivity index (χ1n) is 5.81. The second-order valence-electron chi connectivity index (χ2n) is 5.32. The molecule has 0 radical (unpaired) electrons. The number of nitrogens with zero attached hydrogens (tertiary/aromatic N) is 1. The number of β-amino-alcohol motifs (C(OH)–C–C–N with tert-alkyl or cyclic N) is 1. The standard InChI is InChI=1S/C11H14F3NO3S/c1-9(18,11(12,13)14)5-15-7(16)4-10(8(15)17)2-3-19-6-10/h18H,2-6H2,1H3. The third-order valence-corrected chi connectivity index (χ3v) is 4.92. The second kappa shape index (κ2) is 4.37. The molecule has 2 atom stereocenters. The van der Waals surface area contributed by atoms with Crippen molar-refractivity contribution in [3.05, 3.63) is 0 Å². The van der Waals surface area contributed by atoms with Crippen molar-refractivity contribution in [3.8, 4) is 0 Å². The van der Waals surface area contributed by atoms with Crippen molar-refractivity contribution in [2.75, 3.05) is 18.1 Å². The van der Waals surface area contributed by atoms with Crippen molar-refractivity contribution in [2.45, 2.75) is 31.5 Å². The average molecular weight is 297 g/mol. The SMILES string of the molecule is CC(O)(CN1C(=O)CC2(CCSC2)C1=O)C(F)(F)F. The van der Waals surface area contributed by atoms with E-state index in [2.05, 4.69) is 0 Å². The Labute approximate surface area is 112 Å². The van der Waals surface area contributed by atoms with Gasteiger partial charge in [0.05, 0.1) is 12.0 Å². The summed E-state index contributed by atoms with van der Waals surface area (Å²) >= 11 is 1.52. The monoisotopic (exact) mass is 297 g/mol. The molecular formula is C11H14F3NO3S. The van der Waals surface area contributed by atoms with E-state index < -0.39 is 35.6 Å². The molecule has 2 fully saturated rings. The van der Waals surface area contributed by atoms with Crippen molar-refractivity contribution in [1.82, 2.24) is 4.90 Å². The van der Waals surface area contributed by atoms with E-state index in [0.29, 0.717) is 24.0 Å². The lowest BCUT2D eigenvalue weighted by Crippen LogP contribution is -2.53. The lowest BCUT2D eigenvalue weighted by Gasteiger charge is -2.30. The molecule has 2 saturated heterocycles. The van der Waals surface area contributed by atoms with E-state index in [0.717, 1.165) is 5.75 Å². The van der Waals surface area contributed by atoms with Gasteiger partial charge in [-0.15, -0.1) is 0 Å². The number of thioether (sulfide) groups is 1. The van der Waals surface area contributed by atoms with Gasteiger partial charge in [0.2, 0.25) is 11.8 Å². The van der Waals surface area contributed by atoms with Gasteiger partial charge in [0, 0.05) is 12.2 Å². The van der Waals surface area contributed by atoms with Gasteiger partial charge in [0.25, 0.3) is 0 Å². The molecule has 2 aliphatic heterocycles. The lowest BCUT2D eigenvalue weighted by atomic mass is 9.86. The zero-order valence-corrected chi connectivity index (χ0v) is 11.1. The summed E-state index contributed by atoms with van der Waals surface area (Å²) in [5.41, 5.74) is -3.92. The highest BCUT2D eigenvalue weighted by atomic mass is 32.2. The minimum atomic E-state index is -4.88. The molecule has 4 nitrogen and oxygen atoms in total. The largest absolute Gasteiger partial charge is 0.418 e. The maximum atomic E-state index is 12.6. The lowest BCUT2D eigenvalue weighted by molar-refractivity contribution is -0.255. The maximum absolute atomic E-state index is 12.6. The molecule has 19 heavy (non-hydrogen) atoms. The Balaban J connectivity index is 2.18. The van der Waals surface area contributed by atoms with Crippen LogP contribution >= 0.6 is 11.8 Å². The van der Waals surface area contributed by atoms with Crippen molar-refractivity contribution in [3.63, 3.8) is 0 Å². The van der Waals surface area contributed by atoms with Gasteiger partial charge in [0.1, 0.15) is 0 Å². The normalized spacial score (nSPS) is 31.3. The number of imide groups is 1. The number of hydrogen-bond acceptors (Lipinski definition) is 4. The van der Waals surface area contributed by atoms with E-state index in [9.17, 15) is 27.9 Å². The number of amides is 2. The van der Waals surface area contributed by atoms with Crippen molar-refractivity contribution in [1.29, 1.82) is 0 Å². The smallest absolute Gasteiger partial charge is 0.379 e. The zero-order valence-electron chi connectivity index (χ0n) is 10.3. The summed E-state index contributed by atoms with van der Waals surface area (Å²) in [7, 11) is 0. The highest BCUT2D eigenvalue weighted by Crippen LogP contribution is 2.45. The maximum Gasteiger partial charge on any atom is 0.418 e. The van der Waals surface area contributed by atoms with Gasteiger partial charge < -0.3 is 5.11 Å². The number of hydrogen-bond donors (Lipinski definition) is 1. The van der Waals surface area contributed by atoms with E-state index in [1.54, 1.807) is 0 Å². The predicted molar refractivity (Wildman–Crippen MR) is 62.4 cm³/mol. The topological polar surface area (TPSA) is 57.6 Å². The number of carbonyl (C=O) groups excluding carboxylic acids is 2. The van der Waals surface area contributed by atoms with Crippen LogP contribution in [0.5, 0.6) is 0 Å². The van der Waals surface area contributed by atoms with Gasteiger partial charge in [-0.3, -0.25) is 14.5 Å². The molecule has 2 unspecified atom stereocenters. The highest BCUT2D eigenvalue weighted by Gasteiger charge is 2.58. The number of rotatable bonds is 2. The molecule has 108 valence electrons. The first kappa shape index (κ1) is 14.6. The van der Waals surface area contributed by atoms with Gasteiger partial charge >= 0.3 is 6.18 Å². The minimum Gasteiger partial charge on any atom is -0.379 e. The van der Waals surface area contributed by atoms with Gasteiger partial charge in [0.15, 0.2) is 5.60 Å². The summed E-state index contributed by atoms with van der Waals surface area (Å²) in [4.78, 5) is 24.5. The molecule has 0 aliphatic carbocycles. The molecule has 2 rings (SSSR count). The average Bonchev–Trinajstić information content (AvgIpc) is 2.80. The molecule has 2 amide bonds. The fourth-order valence-electron chi connectivity index (χ4n) is 2.33. The van der Waals surface area contributed by atoms with Crippen LogP contribution < -0.4 is 0 Å². The number of carbonyl (C=O) groups is 2. The van der Waals surface area contributed by atoms with Crippen LogP contribution in [0.2, 0.25) is 0 Å². The van der Waals surface area contributed by atoms with Crippen LogP contribution in [0, 0.1) is 5.41 Å². The number of alkyl halides is 3. The first-order chi connectivity index (χ1) is 8.59. The predicted octanol–water partition coefficient (Wildman–Crippen LogP) is 1.18. The second-order valence-corrected chi connectivity index (χ2v) is 6.42. The molecule has 1 spiro atoms. The van der Waals surface area contributed by atoms with Gasteiger partial charge in [-0.1, -0.05) is 0 Å². The quantitative estimate of drug-likeness (QED) is 0.778. The van der Waals surface area contributed by atoms with E-state index in [1.165, 1.54) is 11.8 Å². The molecule has 0 aromatic rings. The van der Waals surface area contributed by atoms with Crippen LogP contribution in [0.25, 0.3) is 0 Å². The third-order valence-electron chi connectivity index (χ3n) is 3.67. The Morgan fingerprint density at radius 1 is 1.42 bits per heavy atom. The fourth-order valence-corrected chi connectivity index (χ4v) is 3.77. The molecule has 1 N–H and O–H groups in total. The Morgan fingerprint density at radius 2 is 2.05 bits per heavy atom. The van der Waals surface area contributed by atoms with Crippen molar-refractivity contribution < 1.29 is 27.9 Å². The molecule has 8 heteroatoms. The van der Waals surface area contributed by atoms with E-state index >= 15 is 0 Å². The Morgan fingerprint density at radius 3 is 2.53 bits per heavy atom. The van der Waals surface area contributed by atoms with Gasteiger partial charge in [-0.05, 0) is 19.1 Å². The summed E-state index contributed by atoms with van der Waals surface area (Å²) in [5.74, 6) is -0.0193. The van der Waals surface area contributed by atoms with Crippen molar-refractivity contribution >= 4 is 23.6 Å².